The number of ether oxygens (including phenoxy) is 1. The summed E-state index contributed by atoms with van der Waals surface area (Å²) in [6, 6.07) is 7.16. The van der Waals surface area contributed by atoms with Crippen LogP contribution in [0.1, 0.15) is 36.4 Å². The summed E-state index contributed by atoms with van der Waals surface area (Å²) in [6.45, 7) is 3.25. The molecular weight excluding hydrogens is 236 g/mol. The Balaban J connectivity index is 1.75. The van der Waals surface area contributed by atoms with Crippen LogP contribution in [0.4, 0.5) is 0 Å². The fourth-order valence-corrected chi connectivity index (χ4v) is 3.57. The number of hydrogen-bond acceptors (Lipinski definition) is 3. The van der Waals surface area contributed by atoms with Gasteiger partial charge in [-0.25, -0.2) is 0 Å². The lowest BCUT2D eigenvalue weighted by Crippen LogP contribution is -2.37. The van der Waals surface area contributed by atoms with Crippen molar-refractivity contribution in [1.82, 2.24) is 4.90 Å². The molecule has 1 fully saturated rings. The maximum absolute atomic E-state index is 5.78. The zero-order valence-corrected chi connectivity index (χ0v) is 11.8. The monoisotopic (exact) mass is 260 g/mol. The van der Waals surface area contributed by atoms with Crippen LogP contribution in [-0.4, -0.2) is 31.6 Å². The molecule has 1 atom stereocenters. The molecule has 104 valence electrons. The van der Waals surface area contributed by atoms with E-state index in [1.165, 1.54) is 49.9 Å². The molecule has 2 N–H and O–H groups in total. The second-order valence-electron chi connectivity index (χ2n) is 5.83. The molecule has 2 aliphatic rings. The molecule has 1 aliphatic heterocycles. The first kappa shape index (κ1) is 12.9. The highest BCUT2D eigenvalue weighted by Gasteiger charge is 2.30. The quantitative estimate of drug-likeness (QED) is 0.906. The van der Waals surface area contributed by atoms with Crippen LogP contribution in [0.5, 0.6) is 5.75 Å². The van der Waals surface area contributed by atoms with Crippen LogP contribution in [0.15, 0.2) is 18.2 Å². The molecule has 3 nitrogen and oxygen atoms in total. The Bertz CT molecular complexity index is 438. The number of piperidine rings is 1. The van der Waals surface area contributed by atoms with E-state index in [4.69, 9.17) is 10.5 Å². The standard InChI is InChI=1S/C16H24N2O/c1-19-14-4-2-13-3-5-16(15(13)10-14)18-8-6-12(11-17)7-9-18/h2,4,10,12,16H,3,5-9,11,17H2,1H3. The van der Waals surface area contributed by atoms with Crippen LogP contribution in [0.25, 0.3) is 0 Å². The van der Waals surface area contributed by atoms with Crippen LogP contribution in [0, 0.1) is 5.92 Å². The third-order valence-electron chi connectivity index (χ3n) is 4.82. The van der Waals surface area contributed by atoms with Gasteiger partial charge in [0.2, 0.25) is 0 Å². The van der Waals surface area contributed by atoms with Gasteiger partial charge in [0.1, 0.15) is 5.75 Å². The fourth-order valence-electron chi connectivity index (χ4n) is 3.57. The van der Waals surface area contributed by atoms with Gasteiger partial charge >= 0.3 is 0 Å². The summed E-state index contributed by atoms with van der Waals surface area (Å²) in [7, 11) is 1.75. The molecule has 1 aliphatic carbocycles. The second kappa shape index (κ2) is 5.51. The third kappa shape index (κ3) is 2.49. The van der Waals surface area contributed by atoms with E-state index in [1.807, 2.05) is 0 Å². The summed E-state index contributed by atoms with van der Waals surface area (Å²) < 4.78 is 5.37. The minimum Gasteiger partial charge on any atom is -0.497 e. The lowest BCUT2D eigenvalue weighted by Gasteiger charge is -2.36. The highest BCUT2D eigenvalue weighted by molar-refractivity contribution is 5.40. The molecular formula is C16H24N2O. The number of benzene rings is 1. The summed E-state index contributed by atoms with van der Waals surface area (Å²) in [5.41, 5.74) is 8.78. The Morgan fingerprint density at radius 2 is 2.05 bits per heavy atom. The summed E-state index contributed by atoms with van der Waals surface area (Å²) in [6.07, 6.45) is 4.98. The van der Waals surface area contributed by atoms with Gasteiger partial charge in [0, 0.05) is 6.04 Å². The van der Waals surface area contributed by atoms with Crippen molar-refractivity contribution in [3.63, 3.8) is 0 Å². The predicted octanol–water partition coefficient (Wildman–Crippen LogP) is 2.35. The first-order valence-electron chi connectivity index (χ1n) is 7.42. The van der Waals surface area contributed by atoms with Crippen molar-refractivity contribution in [2.24, 2.45) is 11.7 Å². The highest BCUT2D eigenvalue weighted by Crippen LogP contribution is 2.39. The minimum absolute atomic E-state index is 0.601. The van der Waals surface area contributed by atoms with Gasteiger partial charge in [0.05, 0.1) is 7.11 Å². The predicted molar refractivity (Wildman–Crippen MR) is 77.4 cm³/mol. The molecule has 3 rings (SSSR count). The van der Waals surface area contributed by atoms with Crippen LogP contribution in [-0.2, 0) is 6.42 Å². The van der Waals surface area contributed by atoms with Gasteiger partial charge in [0.15, 0.2) is 0 Å². The Morgan fingerprint density at radius 1 is 1.26 bits per heavy atom. The molecule has 3 heteroatoms. The lowest BCUT2D eigenvalue weighted by molar-refractivity contribution is 0.134. The highest BCUT2D eigenvalue weighted by atomic mass is 16.5. The van der Waals surface area contributed by atoms with Crippen molar-refractivity contribution >= 4 is 0 Å². The van der Waals surface area contributed by atoms with E-state index >= 15 is 0 Å². The average Bonchev–Trinajstić information content (AvgIpc) is 2.90. The number of likely N-dealkylation sites (tertiary alicyclic amines) is 1. The van der Waals surface area contributed by atoms with Crippen molar-refractivity contribution in [2.45, 2.75) is 31.7 Å². The van der Waals surface area contributed by atoms with Gasteiger partial charge in [-0.15, -0.1) is 0 Å². The zero-order valence-electron chi connectivity index (χ0n) is 11.8. The fraction of sp³-hybridized carbons (Fsp3) is 0.625. The zero-order chi connectivity index (χ0) is 13.2. The summed E-state index contributed by atoms with van der Waals surface area (Å²) >= 11 is 0. The number of fused-ring (bicyclic) bond motifs is 1. The number of rotatable bonds is 3. The first-order valence-corrected chi connectivity index (χ1v) is 7.42. The molecule has 0 aromatic heterocycles. The number of aryl methyl sites for hydroxylation is 1. The van der Waals surface area contributed by atoms with Gasteiger partial charge in [-0.3, -0.25) is 4.90 Å². The van der Waals surface area contributed by atoms with Gasteiger partial charge in [0.25, 0.3) is 0 Å². The van der Waals surface area contributed by atoms with Crippen molar-refractivity contribution in [1.29, 1.82) is 0 Å². The smallest absolute Gasteiger partial charge is 0.119 e. The molecule has 0 radical (unpaired) electrons. The van der Waals surface area contributed by atoms with Crippen LogP contribution >= 0.6 is 0 Å². The topological polar surface area (TPSA) is 38.5 Å². The Kier molecular flexibility index (Phi) is 3.76. The van der Waals surface area contributed by atoms with Gasteiger partial charge < -0.3 is 10.5 Å². The number of nitrogens with zero attached hydrogens (tertiary/aromatic N) is 1. The number of nitrogens with two attached hydrogens (primary N) is 1. The molecule has 0 bridgehead atoms. The van der Waals surface area contributed by atoms with E-state index in [9.17, 15) is 0 Å². The summed E-state index contributed by atoms with van der Waals surface area (Å²) in [5, 5.41) is 0. The van der Waals surface area contributed by atoms with Crippen LogP contribution in [0.3, 0.4) is 0 Å². The SMILES string of the molecule is COc1ccc2c(c1)C(N1CCC(CN)CC1)CC2. The first-order chi connectivity index (χ1) is 9.31. The molecule has 1 aromatic rings. The molecule has 19 heavy (non-hydrogen) atoms. The van der Waals surface area contributed by atoms with Gasteiger partial charge in [-0.2, -0.15) is 0 Å². The van der Waals surface area contributed by atoms with Crippen molar-refractivity contribution in [3.05, 3.63) is 29.3 Å². The number of hydrogen-bond donors (Lipinski definition) is 1. The van der Waals surface area contributed by atoms with Crippen LogP contribution < -0.4 is 10.5 Å². The largest absolute Gasteiger partial charge is 0.497 e. The van der Waals surface area contributed by atoms with Crippen molar-refractivity contribution < 1.29 is 4.74 Å². The Morgan fingerprint density at radius 3 is 2.74 bits per heavy atom. The molecule has 0 saturated carbocycles. The maximum atomic E-state index is 5.78. The van der Waals surface area contributed by atoms with Crippen molar-refractivity contribution in [2.75, 3.05) is 26.7 Å². The Labute approximate surface area is 115 Å². The molecule has 0 amide bonds. The van der Waals surface area contributed by atoms with Crippen LogP contribution in [0.2, 0.25) is 0 Å². The Hall–Kier alpha value is -1.06. The van der Waals surface area contributed by atoms with E-state index in [0.717, 1.165) is 18.2 Å². The van der Waals surface area contributed by atoms with Gasteiger partial charge in [-0.05, 0) is 74.5 Å². The molecule has 1 aromatic carbocycles. The third-order valence-corrected chi connectivity index (χ3v) is 4.82. The maximum Gasteiger partial charge on any atom is 0.119 e. The van der Waals surface area contributed by atoms with Gasteiger partial charge in [-0.1, -0.05) is 6.07 Å². The second-order valence-corrected chi connectivity index (χ2v) is 5.83. The van der Waals surface area contributed by atoms with E-state index in [0.29, 0.717) is 6.04 Å². The normalized spacial score (nSPS) is 24.4. The van der Waals surface area contributed by atoms with E-state index in [-0.39, 0.29) is 0 Å². The van der Waals surface area contributed by atoms with E-state index in [2.05, 4.69) is 23.1 Å². The molecule has 1 unspecified atom stereocenters. The number of methoxy groups -OCH3 is 1. The lowest BCUT2D eigenvalue weighted by atomic mass is 9.95. The molecule has 1 saturated heterocycles. The molecule has 0 spiro atoms. The summed E-state index contributed by atoms with van der Waals surface area (Å²) in [4.78, 5) is 2.65. The van der Waals surface area contributed by atoms with E-state index in [1.54, 1.807) is 7.11 Å². The van der Waals surface area contributed by atoms with E-state index < -0.39 is 0 Å². The minimum atomic E-state index is 0.601. The summed E-state index contributed by atoms with van der Waals surface area (Å²) in [5.74, 6) is 1.73. The average molecular weight is 260 g/mol. The van der Waals surface area contributed by atoms with Crippen molar-refractivity contribution in [3.8, 4) is 5.75 Å². The molecule has 1 heterocycles.